The van der Waals surface area contributed by atoms with Gasteiger partial charge in [-0.1, -0.05) is 42.7 Å². The summed E-state index contributed by atoms with van der Waals surface area (Å²) in [6, 6.07) is 8.35. The van der Waals surface area contributed by atoms with Crippen LogP contribution in [0.5, 0.6) is 0 Å². The van der Waals surface area contributed by atoms with Gasteiger partial charge in [-0.15, -0.1) is 11.8 Å². The van der Waals surface area contributed by atoms with Crippen molar-refractivity contribution in [1.29, 1.82) is 0 Å². The zero-order valence-corrected chi connectivity index (χ0v) is 18.3. The minimum absolute atomic E-state index is 0.0109. The summed E-state index contributed by atoms with van der Waals surface area (Å²) in [5.41, 5.74) is 2.23. The number of carbonyl (C=O) groups is 2. The maximum absolute atomic E-state index is 13.2. The van der Waals surface area contributed by atoms with Crippen molar-refractivity contribution in [3.63, 3.8) is 0 Å². The Labute approximate surface area is 178 Å². The number of hydrogen-bond donors (Lipinski definition) is 1. The molecular formula is C23H32N2O3S. The van der Waals surface area contributed by atoms with Crippen LogP contribution < -0.4 is 5.32 Å². The van der Waals surface area contributed by atoms with Crippen LogP contribution in [0.4, 0.5) is 0 Å². The molecule has 1 N–H and O–H groups in total. The molecule has 0 spiro atoms. The van der Waals surface area contributed by atoms with Gasteiger partial charge in [0.25, 0.3) is 5.91 Å². The molecule has 2 atom stereocenters. The van der Waals surface area contributed by atoms with Crippen LogP contribution in [0.25, 0.3) is 6.08 Å². The van der Waals surface area contributed by atoms with Crippen molar-refractivity contribution in [1.82, 2.24) is 10.2 Å². The highest BCUT2D eigenvalue weighted by atomic mass is 32.2. The third-order valence-electron chi connectivity index (χ3n) is 5.50. The van der Waals surface area contributed by atoms with E-state index in [4.69, 9.17) is 4.74 Å². The molecule has 29 heavy (non-hydrogen) atoms. The van der Waals surface area contributed by atoms with Crippen molar-refractivity contribution >= 4 is 29.7 Å². The summed E-state index contributed by atoms with van der Waals surface area (Å²) in [5.74, 6) is -0.0936. The highest BCUT2D eigenvalue weighted by Gasteiger charge is 2.41. The fourth-order valence-electron chi connectivity index (χ4n) is 3.93. The first-order valence-electron chi connectivity index (χ1n) is 10.7. The molecule has 1 aliphatic heterocycles. The van der Waals surface area contributed by atoms with Crippen LogP contribution in [0, 0.1) is 6.92 Å². The van der Waals surface area contributed by atoms with Crippen molar-refractivity contribution in [2.45, 2.75) is 57.2 Å². The van der Waals surface area contributed by atoms with Gasteiger partial charge in [0, 0.05) is 31.1 Å². The number of nitrogens with one attached hydrogen (secondary N) is 1. The topological polar surface area (TPSA) is 58.6 Å². The van der Waals surface area contributed by atoms with E-state index in [9.17, 15) is 9.59 Å². The van der Waals surface area contributed by atoms with Gasteiger partial charge in [-0.3, -0.25) is 9.59 Å². The Hall–Kier alpha value is -1.79. The molecule has 0 radical (unpaired) electrons. The van der Waals surface area contributed by atoms with Crippen LogP contribution in [-0.2, 0) is 14.3 Å². The molecule has 5 nitrogen and oxygen atoms in total. The molecule has 1 aromatic rings. The molecule has 2 unspecified atom stereocenters. The third-order valence-corrected chi connectivity index (χ3v) is 6.90. The van der Waals surface area contributed by atoms with Crippen LogP contribution in [0.2, 0.25) is 0 Å². The van der Waals surface area contributed by atoms with E-state index in [0.29, 0.717) is 25.0 Å². The number of benzene rings is 1. The maximum atomic E-state index is 13.2. The number of amides is 2. The number of carbonyl (C=O) groups excluding carboxylic acids is 2. The first kappa shape index (κ1) is 21.9. The summed E-state index contributed by atoms with van der Waals surface area (Å²) < 4.78 is 5.30. The van der Waals surface area contributed by atoms with E-state index < -0.39 is 0 Å². The van der Waals surface area contributed by atoms with Crippen molar-refractivity contribution in [2.75, 3.05) is 26.3 Å². The smallest absolute Gasteiger partial charge is 0.261 e. The molecule has 6 heteroatoms. The summed E-state index contributed by atoms with van der Waals surface area (Å²) in [7, 11) is 0. The van der Waals surface area contributed by atoms with Gasteiger partial charge in [0.1, 0.15) is 6.54 Å². The molecule has 2 fully saturated rings. The van der Waals surface area contributed by atoms with E-state index >= 15 is 0 Å². The number of aryl methyl sites for hydroxylation is 1. The van der Waals surface area contributed by atoms with E-state index in [0.717, 1.165) is 36.2 Å². The lowest BCUT2D eigenvalue weighted by molar-refractivity contribution is -0.135. The number of fused-ring (bicyclic) bond motifs is 1. The van der Waals surface area contributed by atoms with E-state index in [2.05, 4.69) is 24.4 Å². The Morgan fingerprint density at radius 3 is 2.79 bits per heavy atom. The number of nitrogens with zero attached hydrogens (tertiary/aromatic N) is 1. The standard InChI is InChI=1S/C23H32N2O3S/c1-3-28-14-6-13-24-22(26)16-25-19-7-4-5-8-20(19)29-21(23(25)27)15-18-11-9-17(2)10-12-18/h9-12,15,19-20H,3-8,13-14,16H2,1-2H3,(H,24,26)/b21-15+. The lowest BCUT2D eigenvalue weighted by atomic mass is 9.93. The largest absolute Gasteiger partial charge is 0.382 e. The second-order valence-corrected chi connectivity index (χ2v) is 9.04. The van der Waals surface area contributed by atoms with Gasteiger partial charge in [-0.05, 0) is 44.7 Å². The first-order valence-corrected chi connectivity index (χ1v) is 11.6. The molecule has 1 saturated carbocycles. The van der Waals surface area contributed by atoms with Gasteiger partial charge >= 0.3 is 0 Å². The first-order chi connectivity index (χ1) is 14.1. The number of ether oxygens (including phenoxy) is 1. The minimum atomic E-state index is -0.0826. The average Bonchev–Trinajstić information content (AvgIpc) is 2.72. The van der Waals surface area contributed by atoms with Crippen LogP contribution in [0.1, 0.15) is 50.2 Å². The lowest BCUT2D eigenvalue weighted by Gasteiger charge is -2.43. The lowest BCUT2D eigenvalue weighted by Crippen LogP contribution is -2.54. The van der Waals surface area contributed by atoms with Crippen molar-refractivity contribution < 1.29 is 14.3 Å². The van der Waals surface area contributed by atoms with Gasteiger partial charge in [0.05, 0.1) is 4.91 Å². The van der Waals surface area contributed by atoms with Crippen LogP contribution in [0.3, 0.4) is 0 Å². The zero-order valence-electron chi connectivity index (χ0n) is 17.5. The average molecular weight is 417 g/mol. The predicted octanol–water partition coefficient (Wildman–Crippen LogP) is 3.77. The Morgan fingerprint density at radius 2 is 2.03 bits per heavy atom. The highest BCUT2D eigenvalue weighted by Crippen LogP contribution is 2.42. The number of rotatable bonds is 8. The van der Waals surface area contributed by atoms with Crippen LogP contribution in [0.15, 0.2) is 29.2 Å². The highest BCUT2D eigenvalue weighted by molar-refractivity contribution is 8.04. The van der Waals surface area contributed by atoms with Crippen molar-refractivity contribution in [3.8, 4) is 0 Å². The Bertz CT molecular complexity index is 732. The zero-order chi connectivity index (χ0) is 20.6. The second-order valence-electron chi connectivity index (χ2n) is 7.76. The molecule has 1 saturated heterocycles. The molecular weight excluding hydrogens is 384 g/mol. The van der Waals surface area contributed by atoms with Gasteiger partial charge in [0.15, 0.2) is 0 Å². The molecule has 2 amide bonds. The molecule has 1 heterocycles. The Kier molecular flexibility index (Phi) is 8.19. The molecule has 0 aromatic heterocycles. The summed E-state index contributed by atoms with van der Waals surface area (Å²) >= 11 is 1.70. The third kappa shape index (κ3) is 6.09. The van der Waals surface area contributed by atoms with Gasteiger partial charge < -0.3 is 15.0 Å². The van der Waals surface area contributed by atoms with Crippen LogP contribution >= 0.6 is 11.8 Å². The number of hydrogen-bond acceptors (Lipinski definition) is 4. The quantitative estimate of drug-likeness (QED) is 0.518. The predicted molar refractivity (Wildman–Crippen MR) is 119 cm³/mol. The van der Waals surface area contributed by atoms with E-state index in [-0.39, 0.29) is 24.4 Å². The summed E-state index contributed by atoms with van der Waals surface area (Å²) in [6.45, 7) is 6.06. The second kappa shape index (κ2) is 10.8. The maximum Gasteiger partial charge on any atom is 0.261 e. The van der Waals surface area contributed by atoms with Gasteiger partial charge in [-0.2, -0.15) is 0 Å². The fourth-order valence-corrected chi connectivity index (χ4v) is 5.41. The van der Waals surface area contributed by atoms with Crippen molar-refractivity contribution in [2.24, 2.45) is 0 Å². The van der Waals surface area contributed by atoms with E-state index in [1.165, 1.54) is 12.0 Å². The molecule has 3 rings (SSSR count). The van der Waals surface area contributed by atoms with E-state index in [1.54, 1.807) is 11.8 Å². The molecule has 1 aliphatic carbocycles. The molecule has 158 valence electrons. The van der Waals surface area contributed by atoms with E-state index in [1.807, 2.05) is 30.0 Å². The fraction of sp³-hybridized carbons (Fsp3) is 0.565. The van der Waals surface area contributed by atoms with Gasteiger partial charge in [0.2, 0.25) is 5.91 Å². The SMILES string of the molecule is CCOCCCNC(=O)CN1C(=O)/C(=C\c2ccc(C)cc2)SC2CCCCC21. The normalized spacial score (nSPS) is 23.2. The summed E-state index contributed by atoms with van der Waals surface area (Å²) in [6.07, 6.45) is 7.16. The minimum Gasteiger partial charge on any atom is -0.382 e. The molecule has 0 bridgehead atoms. The summed E-state index contributed by atoms with van der Waals surface area (Å²) in [4.78, 5) is 28.3. The van der Waals surface area contributed by atoms with Crippen LogP contribution in [-0.4, -0.2) is 54.3 Å². The Balaban J connectivity index is 1.68. The summed E-state index contributed by atoms with van der Waals surface area (Å²) in [5, 5.41) is 3.32. The Morgan fingerprint density at radius 1 is 1.28 bits per heavy atom. The van der Waals surface area contributed by atoms with Crippen molar-refractivity contribution in [3.05, 3.63) is 40.3 Å². The van der Waals surface area contributed by atoms with Gasteiger partial charge in [-0.25, -0.2) is 0 Å². The monoisotopic (exact) mass is 416 g/mol. The molecule has 2 aliphatic rings. The molecule has 1 aromatic carbocycles. The number of thioether (sulfide) groups is 1.